The minimum absolute atomic E-state index is 0.00588. The molecule has 1 aromatic heterocycles. The van der Waals surface area contributed by atoms with E-state index >= 15 is 0 Å². The average Bonchev–Trinajstić information content (AvgIpc) is 2.73. The molecule has 3 aromatic rings. The number of Topliss-reactive ketones (excluding diaryl/α,β-unsaturated/α-hetero) is 1. The third-order valence-corrected chi connectivity index (χ3v) is 4.48. The van der Waals surface area contributed by atoms with E-state index in [0.29, 0.717) is 16.8 Å². The number of rotatable bonds is 7. The van der Waals surface area contributed by atoms with Gasteiger partial charge in [0.15, 0.2) is 5.78 Å². The lowest BCUT2D eigenvalue weighted by Gasteiger charge is -2.22. The van der Waals surface area contributed by atoms with Crippen molar-refractivity contribution in [2.75, 3.05) is 16.8 Å². The van der Waals surface area contributed by atoms with Crippen LogP contribution in [0, 0.1) is 0 Å². The number of hydrogen-bond donors (Lipinski definition) is 1. The van der Waals surface area contributed by atoms with Crippen molar-refractivity contribution in [1.82, 2.24) is 4.98 Å². The van der Waals surface area contributed by atoms with Crippen LogP contribution < -0.4 is 10.2 Å². The maximum absolute atomic E-state index is 12.4. The van der Waals surface area contributed by atoms with Crippen LogP contribution in [0.15, 0.2) is 72.9 Å². The van der Waals surface area contributed by atoms with Crippen LogP contribution in [0.1, 0.15) is 40.1 Å². The third-order valence-electron chi connectivity index (χ3n) is 4.48. The van der Waals surface area contributed by atoms with Gasteiger partial charge in [-0.25, -0.2) is 4.98 Å². The van der Waals surface area contributed by atoms with Crippen LogP contribution in [0.4, 0.5) is 11.5 Å². The number of nitrogens with zero attached hydrogens (tertiary/aromatic N) is 2. The van der Waals surface area contributed by atoms with Gasteiger partial charge in [-0.05, 0) is 55.8 Å². The highest BCUT2D eigenvalue weighted by Crippen LogP contribution is 2.16. The number of aromatic nitrogens is 1. The van der Waals surface area contributed by atoms with Gasteiger partial charge in [0.25, 0.3) is 5.91 Å². The summed E-state index contributed by atoms with van der Waals surface area (Å²) >= 11 is 0. The molecular formula is C23H23N3O2. The largest absolute Gasteiger partial charge is 0.353 e. The number of hydrogen-bond acceptors (Lipinski definition) is 4. The fourth-order valence-corrected chi connectivity index (χ4v) is 2.86. The van der Waals surface area contributed by atoms with Crippen LogP contribution in [-0.2, 0) is 6.54 Å². The lowest BCUT2D eigenvalue weighted by Crippen LogP contribution is -2.23. The highest BCUT2D eigenvalue weighted by Gasteiger charge is 2.10. The number of ketones is 1. The Bertz CT molecular complexity index is 936. The summed E-state index contributed by atoms with van der Waals surface area (Å²) in [4.78, 5) is 30.4. The smallest absolute Gasteiger partial charge is 0.257 e. The second-order valence-electron chi connectivity index (χ2n) is 6.49. The number of pyridine rings is 1. The van der Waals surface area contributed by atoms with Gasteiger partial charge < -0.3 is 10.2 Å². The van der Waals surface area contributed by atoms with E-state index in [0.717, 1.165) is 18.9 Å². The summed E-state index contributed by atoms with van der Waals surface area (Å²) in [5.74, 6) is 0.586. The first kappa shape index (κ1) is 19.3. The average molecular weight is 373 g/mol. The Morgan fingerprint density at radius 3 is 2.18 bits per heavy atom. The minimum Gasteiger partial charge on any atom is -0.353 e. The molecule has 28 heavy (non-hydrogen) atoms. The SMILES string of the molecule is CCN(Cc1ccccc1)c1ccc(C(=O)Nc2ccc(C(C)=O)cc2)cn1. The molecule has 0 aliphatic rings. The Kier molecular flexibility index (Phi) is 6.17. The minimum atomic E-state index is -0.235. The first-order valence-electron chi connectivity index (χ1n) is 9.24. The van der Waals surface area contributed by atoms with Crippen molar-refractivity contribution in [3.05, 3.63) is 89.6 Å². The second-order valence-corrected chi connectivity index (χ2v) is 6.49. The predicted molar refractivity (Wildman–Crippen MR) is 112 cm³/mol. The summed E-state index contributed by atoms with van der Waals surface area (Å²) in [6.45, 7) is 5.17. The van der Waals surface area contributed by atoms with Gasteiger partial charge in [-0.1, -0.05) is 30.3 Å². The van der Waals surface area contributed by atoms with Crippen molar-refractivity contribution < 1.29 is 9.59 Å². The molecule has 0 radical (unpaired) electrons. The van der Waals surface area contributed by atoms with E-state index < -0.39 is 0 Å². The van der Waals surface area contributed by atoms with E-state index in [1.807, 2.05) is 24.3 Å². The number of benzene rings is 2. The van der Waals surface area contributed by atoms with Gasteiger partial charge in [0.1, 0.15) is 5.82 Å². The monoisotopic (exact) mass is 373 g/mol. The molecule has 0 bridgehead atoms. The van der Waals surface area contributed by atoms with Crippen molar-refractivity contribution in [3.63, 3.8) is 0 Å². The molecule has 0 atom stereocenters. The lowest BCUT2D eigenvalue weighted by molar-refractivity contribution is 0.101. The number of carbonyl (C=O) groups excluding carboxylic acids is 2. The van der Waals surface area contributed by atoms with Crippen LogP contribution in [0.25, 0.3) is 0 Å². The number of anilines is 2. The Labute approximate surface area is 165 Å². The summed E-state index contributed by atoms with van der Waals surface area (Å²) in [6, 6.07) is 20.7. The molecule has 0 aliphatic heterocycles. The molecule has 0 saturated heterocycles. The lowest BCUT2D eigenvalue weighted by atomic mass is 10.1. The molecule has 1 amide bonds. The Hall–Kier alpha value is -3.47. The van der Waals surface area contributed by atoms with E-state index in [1.54, 1.807) is 36.5 Å². The maximum Gasteiger partial charge on any atom is 0.257 e. The highest BCUT2D eigenvalue weighted by molar-refractivity contribution is 6.04. The van der Waals surface area contributed by atoms with Crippen LogP contribution in [0.2, 0.25) is 0 Å². The Balaban J connectivity index is 1.67. The summed E-state index contributed by atoms with van der Waals surface area (Å²) in [5, 5.41) is 2.82. The van der Waals surface area contributed by atoms with Crippen molar-refractivity contribution in [1.29, 1.82) is 0 Å². The fourth-order valence-electron chi connectivity index (χ4n) is 2.86. The highest BCUT2D eigenvalue weighted by atomic mass is 16.1. The van der Waals surface area contributed by atoms with Gasteiger partial charge in [0, 0.05) is 30.5 Å². The van der Waals surface area contributed by atoms with Gasteiger partial charge >= 0.3 is 0 Å². The van der Waals surface area contributed by atoms with Gasteiger partial charge in [0.2, 0.25) is 0 Å². The first-order chi connectivity index (χ1) is 13.6. The quantitative estimate of drug-likeness (QED) is 0.617. The molecule has 142 valence electrons. The molecule has 0 saturated carbocycles. The third kappa shape index (κ3) is 4.82. The summed E-state index contributed by atoms with van der Waals surface area (Å²) < 4.78 is 0. The van der Waals surface area contributed by atoms with E-state index in [9.17, 15) is 9.59 Å². The second kappa shape index (κ2) is 8.95. The number of carbonyl (C=O) groups is 2. The van der Waals surface area contributed by atoms with Gasteiger partial charge in [0.05, 0.1) is 5.56 Å². The normalized spacial score (nSPS) is 10.4. The summed E-state index contributed by atoms with van der Waals surface area (Å²) in [7, 11) is 0. The van der Waals surface area contributed by atoms with Crippen LogP contribution >= 0.6 is 0 Å². The molecule has 1 heterocycles. The van der Waals surface area contributed by atoms with Gasteiger partial charge in [-0.15, -0.1) is 0 Å². The molecule has 5 nitrogen and oxygen atoms in total. The topological polar surface area (TPSA) is 62.3 Å². The summed E-state index contributed by atoms with van der Waals surface area (Å²) in [6.07, 6.45) is 1.59. The van der Waals surface area contributed by atoms with Crippen molar-refractivity contribution in [2.45, 2.75) is 20.4 Å². The summed E-state index contributed by atoms with van der Waals surface area (Å²) in [5.41, 5.74) is 2.94. The standard InChI is InChI=1S/C23H23N3O2/c1-3-26(16-18-7-5-4-6-8-18)22-14-11-20(15-24-22)23(28)25-21-12-9-19(10-13-21)17(2)27/h4-15H,3,16H2,1-2H3,(H,25,28). The van der Waals surface area contributed by atoms with E-state index in [1.165, 1.54) is 12.5 Å². The van der Waals surface area contributed by atoms with Crippen LogP contribution in [0.3, 0.4) is 0 Å². The zero-order valence-corrected chi connectivity index (χ0v) is 16.1. The zero-order valence-electron chi connectivity index (χ0n) is 16.1. The molecule has 0 aliphatic carbocycles. The van der Waals surface area contributed by atoms with Crippen molar-refractivity contribution >= 4 is 23.2 Å². The molecule has 0 unspecified atom stereocenters. The Morgan fingerprint density at radius 2 is 1.61 bits per heavy atom. The van der Waals surface area contributed by atoms with Crippen LogP contribution in [0.5, 0.6) is 0 Å². The van der Waals surface area contributed by atoms with Crippen LogP contribution in [-0.4, -0.2) is 23.2 Å². The van der Waals surface area contributed by atoms with E-state index in [2.05, 4.69) is 34.3 Å². The molecular weight excluding hydrogens is 350 g/mol. The molecule has 5 heteroatoms. The molecule has 0 spiro atoms. The molecule has 1 N–H and O–H groups in total. The predicted octanol–water partition coefficient (Wildman–Crippen LogP) is 4.56. The van der Waals surface area contributed by atoms with E-state index in [4.69, 9.17) is 0 Å². The zero-order chi connectivity index (χ0) is 19.9. The van der Waals surface area contributed by atoms with Crippen molar-refractivity contribution in [2.24, 2.45) is 0 Å². The van der Waals surface area contributed by atoms with Gasteiger partial charge in [-0.2, -0.15) is 0 Å². The molecule has 0 fully saturated rings. The molecule has 2 aromatic carbocycles. The van der Waals surface area contributed by atoms with Gasteiger partial charge in [-0.3, -0.25) is 9.59 Å². The Morgan fingerprint density at radius 1 is 0.929 bits per heavy atom. The van der Waals surface area contributed by atoms with E-state index in [-0.39, 0.29) is 11.7 Å². The number of nitrogens with one attached hydrogen (secondary N) is 1. The van der Waals surface area contributed by atoms with Crippen molar-refractivity contribution in [3.8, 4) is 0 Å². The first-order valence-corrected chi connectivity index (χ1v) is 9.24. The maximum atomic E-state index is 12.4. The fraction of sp³-hybridized carbons (Fsp3) is 0.174. The number of amides is 1. The molecule has 3 rings (SSSR count).